The van der Waals surface area contributed by atoms with Crippen LogP contribution >= 0.6 is 11.3 Å². The predicted molar refractivity (Wildman–Crippen MR) is 98.6 cm³/mol. The number of aryl methyl sites for hydroxylation is 1. The molecule has 0 aliphatic carbocycles. The van der Waals surface area contributed by atoms with Gasteiger partial charge in [0.25, 0.3) is 0 Å². The summed E-state index contributed by atoms with van der Waals surface area (Å²) in [5.74, 6) is 0.816. The second kappa shape index (κ2) is 7.56. The van der Waals surface area contributed by atoms with Gasteiger partial charge in [-0.15, -0.1) is 10.2 Å². The summed E-state index contributed by atoms with van der Waals surface area (Å²) >= 11 is 1.40. The minimum absolute atomic E-state index is 0.621. The first-order chi connectivity index (χ1) is 11.7. The molecule has 7 heteroatoms. The van der Waals surface area contributed by atoms with Gasteiger partial charge in [0.2, 0.25) is 10.3 Å². The third-order valence-electron chi connectivity index (χ3n) is 3.30. The number of methoxy groups -OCH3 is 1. The minimum atomic E-state index is 0.621. The van der Waals surface area contributed by atoms with Crippen LogP contribution in [-0.4, -0.2) is 23.5 Å². The first kappa shape index (κ1) is 15.9. The molecule has 0 saturated carbocycles. The van der Waals surface area contributed by atoms with Crippen LogP contribution in [0.25, 0.3) is 0 Å². The molecular formula is C17H17N5OS. The molecule has 0 aliphatic rings. The number of benzene rings is 2. The number of ether oxygens (including phenoxy) is 1. The SMILES string of the molecule is COc1ccc(/C=N/Nc2nnc(Nc3ccccc3C)s2)cc1. The Kier molecular flexibility index (Phi) is 5.02. The van der Waals surface area contributed by atoms with E-state index in [0.717, 1.165) is 22.6 Å². The number of hydrazone groups is 1. The molecule has 2 aromatic carbocycles. The molecule has 0 fully saturated rings. The molecule has 3 rings (SSSR count). The third-order valence-corrected chi connectivity index (χ3v) is 4.04. The number of aromatic nitrogens is 2. The number of nitrogens with one attached hydrogen (secondary N) is 2. The quantitative estimate of drug-likeness (QED) is 0.524. The van der Waals surface area contributed by atoms with Gasteiger partial charge in [-0.25, -0.2) is 0 Å². The van der Waals surface area contributed by atoms with Crippen molar-refractivity contribution in [2.75, 3.05) is 17.9 Å². The van der Waals surface area contributed by atoms with Gasteiger partial charge in [0.15, 0.2) is 0 Å². The molecule has 0 unspecified atom stereocenters. The zero-order valence-corrected chi connectivity index (χ0v) is 14.2. The molecule has 122 valence electrons. The van der Waals surface area contributed by atoms with Crippen LogP contribution in [0, 0.1) is 6.92 Å². The number of nitrogens with zero attached hydrogens (tertiary/aromatic N) is 3. The van der Waals surface area contributed by atoms with Crippen LogP contribution in [-0.2, 0) is 0 Å². The van der Waals surface area contributed by atoms with E-state index in [4.69, 9.17) is 4.74 Å². The number of hydrogen-bond acceptors (Lipinski definition) is 7. The summed E-state index contributed by atoms with van der Waals surface area (Å²) in [6.07, 6.45) is 1.72. The second-order valence-electron chi connectivity index (χ2n) is 5.00. The molecule has 24 heavy (non-hydrogen) atoms. The third kappa shape index (κ3) is 4.08. The van der Waals surface area contributed by atoms with Crippen molar-refractivity contribution in [1.29, 1.82) is 0 Å². The summed E-state index contributed by atoms with van der Waals surface area (Å²) < 4.78 is 5.12. The maximum atomic E-state index is 5.12. The van der Waals surface area contributed by atoms with E-state index < -0.39 is 0 Å². The van der Waals surface area contributed by atoms with Gasteiger partial charge in [-0.2, -0.15) is 5.10 Å². The zero-order chi connectivity index (χ0) is 16.8. The zero-order valence-electron chi connectivity index (χ0n) is 13.4. The lowest BCUT2D eigenvalue weighted by Crippen LogP contribution is -1.91. The first-order valence-electron chi connectivity index (χ1n) is 7.34. The van der Waals surface area contributed by atoms with Crippen molar-refractivity contribution in [3.63, 3.8) is 0 Å². The Bertz CT molecular complexity index is 829. The van der Waals surface area contributed by atoms with E-state index in [9.17, 15) is 0 Å². The normalized spacial score (nSPS) is 10.8. The Labute approximate surface area is 144 Å². The van der Waals surface area contributed by atoms with Crippen LogP contribution in [0.4, 0.5) is 16.0 Å². The van der Waals surface area contributed by atoms with Crippen LogP contribution in [0.2, 0.25) is 0 Å². The van der Waals surface area contributed by atoms with Crippen LogP contribution in [0.5, 0.6) is 5.75 Å². The van der Waals surface area contributed by atoms with Crippen LogP contribution in [0.3, 0.4) is 0 Å². The molecule has 3 aromatic rings. The van der Waals surface area contributed by atoms with Gasteiger partial charge in [-0.05, 0) is 48.4 Å². The topological polar surface area (TPSA) is 71.4 Å². The van der Waals surface area contributed by atoms with Crippen molar-refractivity contribution in [3.05, 3.63) is 59.7 Å². The summed E-state index contributed by atoms with van der Waals surface area (Å²) in [6.45, 7) is 2.04. The summed E-state index contributed by atoms with van der Waals surface area (Å²) in [6, 6.07) is 15.7. The number of rotatable bonds is 6. The molecule has 1 aromatic heterocycles. The Hall–Kier alpha value is -2.93. The van der Waals surface area contributed by atoms with E-state index in [0.29, 0.717) is 10.3 Å². The average molecular weight is 339 g/mol. The molecule has 1 heterocycles. The van der Waals surface area contributed by atoms with Gasteiger partial charge in [0.05, 0.1) is 13.3 Å². The Morgan fingerprint density at radius 1 is 1.04 bits per heavy atom. The van der Waals surface area contributed by atoms with Crippen LogP contribution in [0.15, 0.2) is 53.6 Å². The maximum absolute atomic E-state index is 5.12. The van der Waals surface area contributed by atoms with Crippen LogP contribution < -0.4 is 15.5 Å². The summed E-state index contributed by atoms with van der Waals surface area (Å²) in [7, 11) is 1.64. The lowest BCUT2D eigenvalue weighted by Gasteiger charge is -2.04. The standard InChI is InChI=1S/C17H17N5OS/c1-12-5-3-4-6-15(12)19-16-21-22-17(24-16)20-18-11-13-7-9-14(23-2)10-8-13/h3-11H,1-2H3,(H,19,21)(H,20,22)/b18-11+. The molecule has 2 N–H and O–H groups in total. The first-order valence-corrected chi connectivity index (χ1v) is 8.15. The Morgan fingerprint density at radius 3 is 2.54 bits per heavy atom. The number of para-hydroxylation sites is 1. The van der Waals surface area contributed by atoms with Gasteiger partial charge < -0.3 is 10.1 Å². The highest BCUT2D eigenvalue weighted by Crippen LogP contribution is 2.25. The fourth-order valence-electron chi connectivity index (χ4n) is 2.00. The van der Waals surface area contributed by atoms with Crippen molar-refractivity contribution in [2.24, 2.45) is 5.10 Å². The summed E-state index contributed by atoms with van der Waals surface area (Å²) in [4.78, 5) is 0. The predicted octanol–water partition coefficient (Wildman–Crippen LogP) is 4.04. The molecule has 0 saturated heterocycles. The molecule has 0 radical (unpaired) electrons. The molecule has 6 nitrogen and oxygen atoms in total. The molecular weight excluding hydrogens is 322 g/mol. The van der Waals surface area contributed by atoms with E-state index in [-0.39, 0.29) is 0 Å². The molecule has 0 spiro atoms. The second-order valence-corrected chi connectivity index (χ2v) is 5.97. The Balaban J connectivity index is 1.59. The van der Waals surface area contributed by atoms with E-state index >= 15 is 0 Å². The smallest absolute Gasteiger partial charge is 0.227 e. The van der Waals surface area contributed by atoms with E-state index in [2.05, 4.69) is 26.0 Å². The van der Waals surface area contributed by atoms with E-state index in [1.165, 1.54) is 11.3 Å². The summed E-state index contributed by atoms with van der Waals surface area (Å²) in [5.41, 5.74) is 6.02. The van der Waals surface area contributed by atoms with Gasteiger partial charge in [0, 0.05) is 5.69 Å². The fraction of sp³-hybridized carbons (Fsp3) is 0.118. The maximum Gasteiger partial charge on any atom is 0.227 e. The Morgan fingerprint density at radius 2 is 1.79 bits per heavy atom. The van der Waals surface area contributed by atoms with Crippen molar-refractivity contribution >= 4 is 33.5 Å². The van der Waals surface area contributed by atoms with Crippen molar-refractivity contribution in [2.45, 2.75) is 6.92 Å². The minimum Gasteiger partial charge on any atom is -0.497 e. The highest BCUT2D eigenvalue weighted by atomic mass is 32.1. The van der Waals surface area contributed by atoms with Crippen molar-refractivity contribution in [1.82, 2.24) is 10.2 Å². The number of anilines is 3. The number of hydrogen-bond donors (Lipinski definition) is 2. The summed E-state index contributed by atoms with van der Waals surface area (Å²) in [5, 5.41) is 16.9. The van der Waals surface area contributed by atoms with Crippen LogP contribution in [0.1, 0.15) is 11.1 Å². The monoisotopic (exact) mass is 339 g/mol. The lowest BCUT2D eigenvalue weighted by molar-refractivity contribution is 0.415. The average Bonchev–Trinajstić information content (AvgIpc) is 3.05. The van der Waals surface area contributed by atoms with Crippen molar-refractivity contribution < 1.29 is 4.74 Å². The van der Waals surface area contributed by atoms with Gasteiger partial charge in [-0.1, -0.05) is 29.5 Å². The lowest BCUT2D eigenvalue weighted by atomic mass is 10.2. The van der Waals surface area contributed by atoms with E-state index in [1.54, 1.807) is 13.3 Å². The van der Waals surface area contributed by atoms with Gasteiger partial charge in [0.1, 0.15) is 5.75 Å². The molecule has 0 atom stereocenters. The fourth-order valence-corrected chi connectivity index (χ4v) is 2.61. The highest BCUT2D eigenvalue weighted by Gasteiger charge is 2.04. The van der Waals surface area contributed by atoms with E-state index in [1.807, 2.05) is 55.5 Å². The van der Waals surface area contributed by atoms with Crippen molar-refractivity contribution in [3.8, 4) is 5.75 Å². The molecule has 0 bridgehead atoms. The molecule has 0 amide bonds. The van der Waals surface area contributed by atoms with Gasteiger partial charge in [-0.3, -0.25) is 5.43 Å². The van der Waals surface area contributed by atoms with Gasteiger partial charge >= 0.3 is 0 Å². The highest BCUT2D eigenvalue weighted by molar-refractivity contribution is 7.19. The molecule has 0 aliphatic heterocycles. The largest absolute Gasteiger partial charge is 0.497 e.